The van der Waals surface area contributed by atoms with Crippen molar-refractivity contribution < 1.29 is 28.7 Å². The normalized spacial score (nSPS) is 13.2. The van der Waals surface area contributed by atoms with Gasteiger partial charge in [0.25, 0.3) is 11.6 Å². The van der Waals surface area contributed by atoms with Crippen molar-refractivity contribution in [3.63, 3.8) is 0 Å². The highest BCUT2D eigenvalue weighted by Gasteiger charge is 2.28. The molecular weight excluding hydrogens is 502 g/mol. The first kappa shape index (κ1) is 26.0. The molecule has 12 nitrogen and oxygen atoms in total. The van der Waals surface area contributed by atoms with Gasteiger partial charge < -0.3 is 30.2 Å². The number of aromatic nitrogens is 1. The van der Waals surface area contributed by atoms with E-state index in [0.717, 1.165) is 11.3 Å². The molecule has 37 heavy (non-hydrogen) atoms. The number of non-ortho nitro benzene ring substituents is 1. The molecule has 0 unspecified atom stereocenters. The monoisotopic (exact) mass is 527 g/mol. The number of hydrogen-bond acceptors (Lipinski definition) is 10. The molecule has 0 atom stereocenters. The van der Waals surface area contributed by atoms with E-state index in [2.05, 4.69) is 10.3 Å². The lowest BCUT2D eigenvalue weighted by Crippen LogP contribution is -2.32. The van der Waals surface area contributed by atoms with Gasteiger partial charge in [-0.1, -0.05) is 11.3 Å². The fraction of sp³-hybridized carbons (Fsp3) is 0.292. The van der Waals surface area contributed by atoms with E-state index in [1.54, 1.807) is 24.3 Å². The van der Waals surface area contributed by atoms with Crippen molar-refractivity contribution in [2.75, 3.05) is 39.2 Å². The summed E-state index contributed by atoms with van der Waals surface area (Å²) in [6.07, 6.45) is 0.436. The highest BCUT2D eigenvalue weighted by molar-refractivity contribution is 7.18. The lowest BCUT2D eigenvalue weighted by atomic mass is 10.0. The van der Waals surface area contributed by atoms with E-state index in [1.807, 2.05) is 19.0 Å². The van der Waals surface area contributed by atoms with Crippen LogP contribution in [0.15, 0.2) is 42.6 Å². The maximum Gasteiger partial charge on any atom is 0.410 e. The Bertz CT molecular complexity index is 1290. The van der Waals surface area contributed by atoms with Crippen molar-refractivity contribution >= 4 is 34.8 Å². The third-order valence-electron chi connectivity index (χ3n) is 5.38. The minimum absolute atomic E-state index is 0.0119. The van der Waals surface area contributed by atoms with Crippen LogP contribution in [0.1, 0.15) is 15.9 Å². The minimum atomic E-state index is -1.07. The van der Waals surface area contributed by atoms with Gasteiger partial charge in [-0.15, -0.1) is 0 Å². The van der Waals surface area contributed by atoms with E-state index in [1.165, 1.54) is 18.3 Å². The molecule has 0 spiro atoms. The Morgan fingerprint density at radius 3 is 2.51 bits per heavy atom. The zero-order valence-corrected chi connectivity index (χ0v) is 20.9. The zero-order valence-electron chi connectivity index (χ0n) is 20.1. The van der Waals surface area contributed by atoms with E-state index in [9.17, 15) is 19.7 Å². The number of carbonyl (C=O) groups is 2. The van der Waals surface area contributed by atoms with Crippen molar-refractivity contribution in [2.24, 2.45) is 11.7 Å². The van der Waals surface area contributed by atoms with E-state index >= 15 is 0 Å². The van der Waals surface area contributed by atoms with Crippen LogP contribution >= 0.6 is 11.3 Å². The quantitative estimate of drug-likeness (QED) is 0.297. The number of primary amides is 1. The molecule has 1 fully saturated rings. The molecule has 194 valence electrons. The Kier molecular flexibility index (Phi) is 7.96. The Labute approximate surface area is 216 Å². The van der Waals surface area contributed by atoms with Crippen LogP contribution in [0.3, 0.4) is 0 Å². The van der Waals surface area contributed by atoms with E-state index in [0.29, 0.717) is 54.0 Å². The van der Waals surface area contributed by atoms with Crippen LogP contribution in [0.5, 0.6) is 10.8 Å². The molecule has 3 N–H and O–H groups in total. The van der Waals surface area contributed by atoms with Crippen LogP contribution in [-0.4, -0.2) is 60.7 Å². The molecule has 13 heteroatoms. The number of thiophene rings is 1. The largest absolute Gasteiger partial charge is 0.492 e. The Balaban J connectivity index is 1.63. The lowest BCUT2D eigenvalue weighted by Gasteiger charge is -2.25. The van der Waals surface area contributed by atoms with E-state index < -0.39 is 16.9 Å². The number of nitro groups is 1. The fourth-order valence-electron chi connectivity index (χ4n) is 3.58. The maximum atomic E-state index is 13.4. The predicted octanol–water partition coefficient (Wildman–Crippen LogP) is 3.51. The van der Waals surface area contributed by atoms with Gasteiger partial charge in [0.05, 0.1) is 36.5 Å². The summed E-state index contributed by atoms with van der Waals surface area (Å²) in [4.78, 5) is 42.3. The van der Waals surface area contributed by atoms with Crippen LogP contribution in [-0.2, 0) is 11.3 Å². The Morgan fingerprint density at radius 1 is 1.24 bits per heavy atom. The van der Waals surface area contributed by atoms with Crippen molar-refractivity contribution in [3.05, 3.63) is 63.8 Å². The first-order valence-electron chi connectivity index (χ1n) is 11.2. The summed E-state index contributed by atoms with van der Waals surface area (Å²) in [5.74, 6) is 0.646. The topological polar surface area (TPSA) is 159 Å². The number of carbonyl (C=O) groups excluding carboxylic acids is 2. The second-order valence-corrected chi connectivity index (χ2v) is 9.57. The molecule has 0 radical (unpaired) electrons. The zero-order chi connectivity index (χ0) is 26.5. The number of rotatable bonds is 10. The van der Waals surface area contributed by atoms with Crippen molar-refractivity contribution in [1.29, 1.82) is 0 Å². The molecule has 2 amide bonds. The molecule has 0 bridgehead atoms. The van der Waals surface area contributed by atoms with Crippen LogP contribution < -0.4 is 20.5 Å². The van der Waals surface area contributed by atoms with Gasteiger partial charge in [0.1, 0.15) is 11.6 Å². The Hall–Kier alpha value is -4.07. The number of amides is 2. The van der Waals surface area contributed by atoms with Crippen LogP contribution in [0, 0.1) is 16.0 Å². The van der Waals surface area contributed by atoms with Crippen molar-refractivity contribution in [1.82, 2.24) is 9.88 Å². The summed E-state index contributed by atoms with van der Waals surface area (Å²) < 4.78 is 16.0. The average molecular weight is 528 g/mol. The molecule has 3 aromatic rings. The first-order valence-corrected chi connectivity index (χ1v) is 12.0. The molecule has 2 aromatic heterocycles. The number of nitro benzene ring substituents is 1. The van der Waals surface area contributed by atoms with Crippen molar-refractivity contribution in [3.8, 4) is 21.3 Å². The highest BCUT2D eigenvalue weighted by Crippen LogP contribution is 2.43. The van der Waals surface area contributed by atoms with E-state index in [4.69, 9.17) is 19.9 Å². The summed E-state index contributed by atoms with van der Waals surface area (Å²) >= 11 is 1.05. The smallest absolute Gasteiger partial charge is 0.410 e. The number of benzene rings is 1. The summed E-state index contributed by atoms with van der Waals surface area (Å²) in [6, 6.07) is 9.19. The lowest BCUT2D eigenvalue weighted by molar-refractivity contribution is -0.384. The van der Waals surface area contributed by atoms with Crippen molar-refractivity contribution in [2.45, 2.75) is 6.54 Å². The fourth-order valence-corrected chi connectivity index (χ4v) is 4.75. The van der Waals surface area contributed by atoms with Gasteiger partial charge in [0.2, 0.25) is 0 Å². The summed E-state index contributed by atoms with van der Waals surface area (Å²) in [7, 11) is 3.65. The Morgan fingerprint density at radius 2 is 1.97 bits per heavy atom. The van der Waals surface area contributed by atoms with Gasteiger partial charge in [-0.3, -0.25) is 14.9 Å². The second kappa shape index (κ2) is 11.3. The van der Waals surface area contributed by atoms with Crippen LogP contribution in [0.25, 0.3) is 10.4 Å². The molecule has 0 aliphatic carbocycles. The van der Waals surface area contributed by atoms with E-state index in [-0.39, 0.29) is 22.1 Å². The summed E-state index contributed by atoms with van der Waals surface area (Å²) in [5, 5.41) is 13.8. The summed E-state index contributed by atoms with van der Waals surface area (Å²) in [6.45, 7) is 2.19. The molecule has 1 aromatic carbocycles. The van der Waals surface area contributed by atoms with Gasteiger partial charge in [0.15, 0.2) is 5.06 Å². The molecule has 1 saturated heterocycles. The van der Waals surface area contributed by atoms with Gasteiger partial charge in [-0.05, 0) is 43.9 Å². The maximum absolute atomic E-state index is 13.4. The first-order chi connectivity index (χ1) is 17.7. The third-order valence-corrected chi connectivity index (χ3v) is 6.54. The van der Waals surface area contributed by atoms with Crippen LogP contribution in [0.4, 0.5) is 16.3 Å². The van der Waals surface area contributed by atoms with Gasteiger partial charge in [-0.25, -0.2) is 9.78 Å². The third kappa shape index (κ3) is 6.39. The number of nitrogens with zero attached hydrogens (tertiary/aromatic N) is 3. The average Bonchev–Trinajstić information content (AvgIpc) is 3.15. The molecule has 1 aliphatic rings. The SMILES string of the molecule is CN(C)Cc1c(-c2ccc([N+](=O)[O-])cc2)sc(OC(N)=O)c1C(=O)Nc1ccc(OCC2COC2)cn1. The standard InChI is InChI=1S/C24H25N5O7S/c1-28(2)10-18-20(22(30)27-19-8-7-17(9-26-19)35-13-14-11-34-12-14)23(36-24(25)31)37-21(18)15-3-5-16(6-4-15)29(32)33/h3-9,14H,10-13H2,1-2H3,(H2,25,31)(H,26,27,30). The van der Waals surface area contributed by atoms with Gasteiger partial charge >= 0.3 is 6.09 Å². The number of nitrogens with one attached hydrogen (secondary N) is 1. The molecular formula is C24H25N5O7S. The number of anilines is 1. The molecule has 4 rings (SSSR count). The second-order valence-electron chi connectivity index (χ2n) is 8.58. The summed E-state index contributed by atoms with van der Waals surface area (Å²) in [5.41, 5.74) is 6.52. The highest BCUT2D eigenvalue weighted by atomic mass is 32.1. The minimum Gasteiger partial charge on any atom is -0.492 e. The molecule has 3 heterocycles. The van der Waals surface area contributed by atoms with Gasteiger partial charge in [-0.2, -0.15) is 0 Å². The number of ether oxygens (including phenoxy) is 3. The number of hydrogen-bond donors (Lipinski definition) is 2. The number of pyridine rings is 1. The van der Waals surface area contributed by atoms with Crippen LogP contribution in [0.2, 0.25) is 0 Å². The predicted molar refractivity (Wildman–Crippen MR) is 136 cm³/mol. The molecule has 1 aliphatic heterocycles. The van der Waals surface area contributed by atoms with Gasteiger partial charge in [0, 0.05) is 35.0 Å². The molecule has 0 saturated carbocycles. The number of nitrogens with two attached hydrogens (primary N) is 1.